The fourth-order valence-electron chi connectivity index (χ4n) is 2.48. The van der Waals surface area contributed by atoms with E-state index in [2.05, 4.69) is 16.4 Å². The van der Waals surface area contributed by atoms with Gasteiger partial charge < -0.3 is 9.73 Å². The van der Waals surface area contributed by atoms with Gasteiger partial charge in [-0.2, -0.15) is 0 Å². The van der Waals surface area contributed by atoms with Crippen molar-refractivity contribution in [2.24, 2.45) is 0 Å². The lowest BCUT2D eigenvalue weighted by molar-refractivity contribution is -0.121. The minimum atomic E-state index is -0.132. The second-order valence-corrected chi connectivity index (χ2v) is 6.38. The molecule has 4 nitrogen and oxygen atoms in total. The van der Waals surface area contributed by atoms with E-state index >= 15 is 0 Å². The summed E-state index contributed by atoms with van der Waals surface area (Å²) in [6.45, 7) is 4.12. The van der Waals surface area contributed by atoms with Crippen molar-refractivity contribution in [2.45, 2.75) is 32.1 Å². The van der Waals surface area contributed by atoms with Crippen LogP contribution in [0, 0.1) is 13.8 Å². The van der Waals surface area contributed by atoms with Crippen molar-refractivity contribution in [2.75, 3.05) is 5.75 Å². The van der Waals surface area contributed by atoms with Crippen LogP contribution < -0.4 is 5.32 Å². The summed E-state index contributed by atoms with van der Waals surface area (Å²) in [7, 11) is 0. The number of rotatable bonds is 3. The van der Waals surface area contributed by atoms with Crippen LogP contribution in [0.1, 0.15) is 33.7 Å². The Hall–Kier alpha value is -1.75. The van der Waals surface area contributed by atoms with Crippen LogP contribution in [0.5, 0.6) is 0 Å². The Morgan fingerprint density at radius 1 is 1.43 bits per heavy atom. The van der Waals surface area contributed by atoms with E-state index in [-0.39, 0.29) is 11.2 Å². The van der Waals surface area contributed by atoms with Gasteiger partial charge in [-0.05, 0) is 37.1 Å². The number of hydrogen-bond acceptors (Lipinski definition) is 4. The molecule has 2 heterocycles. The topological polar surface area (TPSA) is 55.1 Å². The molecule has 1 aromatic carbocycles. The van der Waals surface area contributed by atoms with Gasteiger partial charge in [0.25, 0.3) is 0 Å². The Bertz CT molecular complexity index is 647. The van der Waals surface area contributed by atoms with Gasteiger partial charge >= 0.3 is 0 Å². The molecule has 5 heteroatoms. The van der Waals surface area contributed by atoms with Gasteiger partial charge in [-0.3, -0.25) is 4.79 Å². The van der Waals surface area contributed by atoms with Gasteiger partial charge in [0.05, 0.1) is 12.2 Å². The molecule has 0 radical (unpaired) electrons. The van der Waals surface area contributed by atoms with Crippen molar-refractivity contribution >= 4 is 17.7 Å². The summed E-state index contributed by atoms with van der Waals surface area (Å²) in [6.07, 6.45) is 1.03. The summed E-state index contributed by atoms with van der Waals surface area (Å²) in [5.41, 5.74) is 3.28. The minimum Gasteiger partial charge on any atom is -0.444 e. The highest BCUT2D eigenvalue weighted by molar-refractivity contribution is 8.00. The zero-order valence-electron chi connectivity index (χ0n) is 12.2. The highest BCUT2D eigenvalue weighted by atomic mass is 32.2. The Kier molecular flexibility index (Phi) is 4.01. The fraction of sp³-hybridized carbons (Fsp3) is 0.375. The number of thioether (sulfide) groups is 1. The molecular weight excluding hydrogens is 284 g/mol. The normalized spacial score (nSPS) is 17.3. The van der Waals surface area contributed by atoms with Gasteiger partial charge in [0, 0.05) is 0 Å². The highest BCUT2D eigenvalue weighted by Crippen LogP contribution is 2.36. The molecule has 1 N–H and O–H groups in total. The molecule has 0 unspecified atom stereocenters. The molecule has 0 saturated heterocycles. The lowest BCUT2D eigenvalue weighted by Gasteiger charge is -2.23. The maximum absolute atomic E-state index is 12.4. The molecule has 3 rings (SSSR count). The summed E-state index contributed by atoms with van der Waals surface area (Å²) in [4.78, 5) is 16.7. The second kappa shape index (κ2) is 5.93. The summed E-state index contributed by atoms with van der Waals surface area (Å²) in [5, 5.41) is 2.80. The fourth-order valence-corrected chi connectivity index (χ4v) is 3.70. The third kappa shape index (κ3) is 2.97. The van der Waals surface area contributed by atoms with Crippen molar-refractivity contribution in [3.63, 3.8) is 0 Å². The quantitative estimate of drug-likeness (QED) is 0.947. The summed E-state index contributed by atoms with van der Waals surface area (Å²) >= 11 is 1.69. The standard InChI is InChI=1S/C16H18N2O2S/c1-10-11(2)20-14(18-10)9-17-16(19)15-13-6-4-3-5-12(13)7-8-21-15/h3-6,15H,7-9H2,1-2H3,(H,17,19)/t15-/m1/s1. The van der Waals surface area contributed by atoms with Crippen LogP contribution in [-0.2, 0) is 17.8 Å². The van der Waals surface area contributed by atoms with E-state index in [1.54, 1.807) is 11.8 Å². The Labute approximate surface area is 128 Å². The maximum atomic E-state index is 12.4. The van der Waals surface area contributed by atoms with Crippen LogP contribution in [0.4, 0.5) is 0 Å². The lowest BCUT2D eigenvalue weighted by Crippen LogP contribution is -2.29. The summed E-state index contributed by atoms with van der Waals surface area (Å²) < 4.78 is 5.49. The molecule has 21 heavy (non-hydrogen) atoms. The van der Waals surface area contributed by atoms with E-state index < -0.39 is 0 Å². The predicted octanol–water partition coefficient (Wildman–Crippen LogP) is 2.94. The van der Waals surface area contributed by atoms with Gasteiger partial charge in [0.2, 0.25) is 11.8 Å². The molecule has 1 aliphatic rings. The smallest absolute Gasteiger partial charge is 0.238 e. The summed E-state index contributed by atoms with van der Waals surface area (Å²) in [5.74, 6) is 2.37. The number of carbonyl (C=O) groups is 1. The van der Waals surface area contributed by atoms with E-state index in [4.69, 9.17) is 4.42 Å². The largest absolute Gasteiger partial charge is 0.444 e. The molecular formula is C16H18N2O2S. The third-order valence-electron chi connectivity index (χ3n) is 3.72. The van der Waals surface area contributed by atoms with Crippen molar-refractivity contribution in [1.82, 2.24) is 10.3 Å². The molecule has 0 fully saturated rings. The van der Waals surface area contributed by atoms with Gasteiger partial charge in [0.1, 0.15) is 11.0 Å². The number of nitrogens with zero attached hydrogens (tertiary/aromatic N) is 1. The first-order chi connectivity index (χ1) is 10.1. The van der Waals surface area contributed by atoms with Crippen molar-refractivity contribution in [3.05, 3.63) is 52.7 Å². The van der Waals surface area contributed by atoms with Crippen molar-refractivity contribution < 1.29 is 9.21 Å². The van der Waals surface area contributed by atoms with Crippen LogP contribution in [0.3, 0.4) is 0 Å². The molecule has 110 valence electrons. The van der Waals surface area contributed by atoms with Crippen LogP contribution in [0.15, 0.2) is 28.7 Å². The number of fused-ring (bicyclic) bond motifs is 1. The highest BCUT2D eigenvalue weighted by Gasteiger charge is 2.26. The zero-order chi connectivity index (χ0) is 14.8. The molecule has 0 saturated carbocycles. The number of hydrogen-bond donors (Lipinski definition) is 1. The Balaban J connectivity index is 1.69. The van der Waals surface area contributed by atoms with Gasteiger partial charge in [-0.15, -0.1) is 11.8 Å². The third-order valence-corrected chi connectivity index (χ3v) is 4.96. The van der Waals surface area contributed by atoms with E-state index in [1.807, 2.05) is 32.0 Å². The number of carbonyl (C=O) groups excluding carboxylic acids is 1. The van der Waals surface area contributed by atoms with Crippen LogP contribution in [-0.4, -0.2) is 16.6 Å². The monoisotopic (exact) mass is 302 g/mol. The van der Waals surface area contributed by atoms with Crippen LogP contribution in [0.25, 0.3) is 0 Å². The molecule has 1 aromatic heterocycles. The van der Waals surface area contributed by atoms with Gasteiger partial charge in [-0.25, -0.2) is 4.98 Å². The summed E-state index contributed by atoms with van der Waals surface area (Å²) in [6, 6.07) is 8.18. The molecule has 0 aliphatic carbocycles. The number of amides is 1. The number of aromatic nitrogens is 1. The first kappa shape index (κ1) is 14.2. The Morgan fingerprint density at radius 3 is 3.00 bits per heavy atom. The molecule has 0 spiro atoms. The predicted molar refractivity (Wildman–Crippen MR) is 83.2 cm³/mol. The maximum Gasteiger partial charge on any atom is 0.238 e. The van der Waals surface area contributed by atoms with E-state index in [1.165, 1.54) is 5.56 Å². The number of nitrogens with one attached hydrogen (secondary N) is 1. The van der Waals surface area contributed by atoms with Crippen LogP contribution in [0.2, 0.25) is 0 Å². The first-order valence-corrected chi connectivity index (χ1v) is 8.10. The van der Waals surface area contributed by atoms with Crippen molar-refractivity contribution in [3.8, 4) is 0 Å². The number of aryl methyl sites for hydroxylation is 3. The molecule has 1 aliphatic heterocycles. The number of benzene rings is 1. The van der Waals surface area contributed by atoms with Gasteiger partial charge in [0.15, 0.2) is 0 Å². The molecule has 1 amide bonds. The molecule has 1 atom stereocenters. The average molecular weight is 302 g/mol. The van der Waals surface area contributed by atoms with E-state index in [0.717, 1.165) is 29.2 Å². The molecule has 0 bridgehead atoms. The average Bonchev–Trinajstić information content (AvgIpc) is 2.83. The Morgan fingerprint density at radius 2 is 2.24 bits per heavy atom. The second-order valence-electron chi connectivity index (χ2n) is 5.17. The first-order valence-electron chi connectivity index (χ1n) is 7.05. The van der Waals surface area contributed by atoms with E-state index in [9.17, 15) is 4.79 Å². The number of oxazole rings is 1. The minimum absolute atomic E-state index is 0.0284. The molecule has 2 aromatic rings. The van der Waals surface area contributed by atoms with Crippen molar-refractivity contribution in [1.29, 1.82) is 0 Å². The SMILES string of the molecule is Cc1nc(CNC(=O)[C@@H]2SCCc3ccccc32)oc1C. The van der Waals surface area contributed by atoms with Gasteiger partial charge in [-0.1, -0.05) is 24.3 Å². The van der Waals surface area contributed by atoms with Crippen LogP contribution >= 0.6 is 11.8 Å². The zero-order valence-corrected chi connectivity index (χ0v) is 13.0. The van der Waals surface area contributed by atoms with E-state index in [0.29, 0.717) is 12.4 Å². The lowest BCUT2D eigenvalue weighted by atomic mass is 10.0.